The van der Waals surface area contributed by atoms with Gasteiger partial charge in [0.15, 0.2) is 0 Å². The maximum atomic E-state index is 13.4. The molecule has 2 aromatic rings. The molecule has 1 atom stereocenters. The molecule has 0 saturated carbocycles. The molecule has 0 fully saturated rings. The third kappa shape index (κ3) is 3.87. The van der Waals surface area contributed by atoms with Gasteiger partial charge in [0.05, 0.1) is 29.2 Å². The molecule has 2 aromatic carbocycles. The maximum Gasteiger partial charge on any atom is 0.124 e. The van der Waals surface area contributed by atoms with Crippen LogP contribution in [0.25, 0.3) is 0 Å². The minimum atomic E-state index is -0.582. The van der Waals surface area contributed by atoms with Crippen LogP contribution >= 0.6 is 11.6 Å². The summed E-state index contributed by atoms with van der Waals surface area (Å²) in [6.07, 6.45) is 2.55. The zero-order valence-electron chi connectivity index (χ0n) is 14.8. The minimum absolute atomic E-state index is 0.208. The van der Waals surface area contributed by atoms with Crippen LogP contribution in [0.15, 0.2) is 71.6 Å². The van der Waals surface area contributed by atoms with Crippen molar-refractivity contribution in [1.82, 2.24) is 4.90 Å². The average Bonchev–Trinajstić information content (AvgIpc) is 2.68. The third-order valence-corrected chi connectivity index (χ3v) is 5.05. The molecule has 0 saturated heterocycles. The molecule has 0 aliphatic carbocycles. The number of hydrogen-bond donors (Lipinski definition) is 0. The maximum absolute atomic E-state index is 13.4. The first-order chi connectivity index (χ1) is 13.0. The summed E-state index contributed by atoms with van der Waals surface area (Å²) in [6.45, 7) is 2.51. The summed E-state index contributed by atoms with van der Waals surface area (Å²) in [4.78, 5) is 1.93. The van der Waals surface area contributed by atoms with E-state index in [0.29, 0.717) is 23.3 Å². The number of nitrogens with zero attached hydrogens (tertiary/aromatic N) is 3. The summed E-state index contributed by atoms with van der Waals surface area (Å²) in [5.74, 6) is -1.04. The first-order valence-electron chi connectivity index (χ1n) is 8.53. The molecule has 27 heavy (non-hydrogen) atoms. The van der Waals surface area contributed by atoms with Gasteiger partial charge in [0.25, 0.3) is 0 Å². The van der Waals surface area contributed by atoms with Crippen LogP contribution in [-0.2, 0) is 6.42 Å². The number of allylic oxidation sites excluding steroid dienone is 3. The van der Waals surface area contributed by atoms with Crippen molar-refractivity contribution in [3.63, 3.8) is 0 Å². The van der Waals surface area contributed by atoms with Gasteiger partial charge in [-0.25, -0.2) is 4.39 Å². The molecule has 3 nitrogen and oxygen atoms in total. The fourth-order valence-electron chi connectivity index (χ4n) is 3.28. The zero-order valence-corrected chi connectivity index (χ0v) is 15.5. The molecule has 134 valence electrons. The van der Waals surface area contributed by atoms with E-state index in [2.05, 4.69) is 12.1 Å². The molecule has 5 heteroatoms. The molecule has 1 aliphatic heterocycles. The standard InChI is InChI=1S/C22H17ClFN3/c1-15-20(13-26)22(19-8-7-18(24)11-21(19)23)17(12-25)14-27(15)10-9-16-5-3-2-4-6-16/h2-8,11,14,22H,9-10H2,1H3. The van der Waals surface area contributed by atoms with Crippen molar-refractivity contribution in [3.8, 4) is 12.1 Å². The summed E-state index contributed by atoms with van der Waals surface area (Å²) in [7, 11) is 0. The van der Waals surface area contributed by atoms with Gasteiger partial charge in [-0.3, -0.25) is 0 Å². The minimum Gasteiger partial charge on any atom is -0.349 e. The Bertz CT molecular complexity index is 996. The first kappa shape index (κ1) is 18.7. The Morgan fingerprint density at radius 1 is 1.11 bits per heavy atom. The van der Waals surface area contributed by atoms with Gasteiger partial charge < -0.3 is 4.90 Å². The van der Waals surface area contributed by atoms with Crippen molar-refractivity contribution in [2.45, 2.75) is 19.3 Å². The lowest BCUT2D eigenvalue weighted by atomic mass is 9.82. The van der Waals surface area contributed by atoms with Gasteiger partial charge in [0, 0.05) is 23.5 Å². The van der Waals surface area contributed by atoms with Gasteiger partial charge in [0.1, 0.15) is 5.82 Å². The summed E-state index contributed by atoms with van der Waals surface area (Å²) in [5, 5.41) is 19.7. The fourth-order valence-corrected chi connectivity index (χ4v) is 3.56. The molecule has 0 N–H and O–H groups in total. The largest absolute Gasteiger partial charge is 0.349 e. The molecule has 1 heterocycles. The normalized spacial score (nSPS) is 16.6. The van der Waals surface area contributed by atoms with Crippen LogP contribution in [0.3, 0.4) is 0 Å². The van der Waals surface area contributed by atoms with E-state index in [1.807, 2.05) is 42.2 Å². The van der Waals surface area contributed by atoms with Crippen LogP contribution < -0.4 is 0 Å². The van der Waals surface area contributed by atoms with E-state index >= 15 is 0 Å². The Hall–Kier alpha value is -3.08. The quantitative estimate of drug-likeness (QED) is 0.723. The Labute approximate surface area is 163 Å². The molecular weight excluding hydrogens is 361 g/mol. The molecule has 0 aromatic heterocycles. The average molecular weight is 378 g/mol. The lowest BCUT2D eigenvalue weighted by molar-refractivity contribution is 0.448. The van der Waals surface area contributed by atoms with E-state index in [0.717, 1.165) is 12.1 Å². The highest BCUT2D eigenvalue weighted by Crippen LogP contribution is 2.40. The van der Waals surface area contributed by atoms with E-state index in [1.54, 1.807) is 6.20 Å². The molecule has 1 unspecified atom stereocenters. The molecule has 0 radical (unpaired) electrons. The topological polar surface area (TPSA) is 50.8 Å². The van der Waals surface area contributed by atoms with E-state index in [4.69, 9.17) is 11.6 Å². The van der Waals surface area contributed by atoms with E-state index in [9.17, 15) is 14.9 Å². The Kier molecular flexibility index (Phi) is 5.60. The SMILES string of the molecule is CC1=C(C#N)C(c2ccc(F)cc2Cl)C(C#N)=CN1CCc1ccccc1. The number of nitriles is 2. The van der Waals surface area contributed by atoms with Gasteiger partial charge in [-0.2, -0.15) is 10.5 Å². The Morgan fingerprint density at radius 3 is 2.48 bits per heavy atom. The molecule has 0 spiro atoms. The van der Waals surface area contributed by atoms with E-state index in [1.165, 1.54) is 23.8 Å². The number of hydrogen-bond acceptors (Lipinski definition) is 3. The molecule has 3 rings (SSSR count). The molecular formula is C22H17ClFN3. The summed E-state index contributed by atoms with van der Waals surface area (Å²) in [5.41, 5.74) is 3.39. The van der Waals surface area contributed by atoms with Crippen molar-refractivity contribution < 1.29 is 4.39 Å². The van der Waals surface area contributed by atoms with Crippen molar-refractivity contribution in [1.29, 1.82) is 10.5 Å². The summed E-state index contributed by atoms with van der Waals surface area (Å²) >= 11 is 6.21. The fraction of sp³-hybridized carbons (Fsp3) is 0.182. The summed E-state index contributed by atoms with van der Waals surface area (Å²) < 4.78 is 13.4. The molecule has 0 amide bonds. The van der Waals surface area contributed by atoms with Crippen molar-refractivity contribution in [2.24, 2.45) is 0 Å². The van der Waals surface area contributed by atoms with Gasteiger partial charge in [-0.05, 0) is 36.6 Å². The highest BCUT2D eigenvalue weighted by molar-refractivity contribution is 6.31. The van der Waals surface area contributed by atoms with Gasteiger partial charge >= 0.3 is 0 Å². The predicted molar refractivity (Wildman–Crippen MR) is 103 cm³/mol. The number of rotatable bonds is 4. The van der Waals surface area contributed by atoms with Crippen LogP contribution in [0, 0.1) is 28.5 Å². The zero-order chi connectivity index (χ0) is 19.4. The molecule has 0 bridgehead atoms. The van der Waals surface area contributed by atoms with Crippen LogP contribution in [0.2, 0.25) is 5.02 Å². The summed E-state index contributed by atoms with van der Waals surface area (Å²) in [6, 6.07) is 18.5. The smallest absolute Gasteiger partial charge is 0.124 e. The van der Waals surface area contributed by atoms with Crippen molar-refractivity contribution >= 4 is 11.6 Å². The van der Waals surface area contributed by atoms with Gasteiger partial charge in [-0.15, -0.1) is 0 Å². The van der Waals surface area contributed by atoms with Crippen LogP contribution in [0.5, 0.6) is 0 Å². The van der Waals surface area contributed by atoms with E-state index in [-0.39, 0.29) is 5.02 Å². The first-order valence-corrected chi connectivity index (χ1v) is 8.91. The second kappa shape index (κ2) is 8.08. The lowest BCUT2D eigenvalue weighted by Crippen LogP contribution is -2.26. The number of halogens is 2. The monoisotopic (exact) mass is 377 g/mol. The third-order valence-electron chi connectivity index (χ3n) is 4.72. The van der Waals surface area contributed by atoms with Crippen molar-refractivity contribution in [3.05, 3.63) is 93.5 Å². The van der Waals surface area contributed by atoms with Gasteiger partial charge in [0.2, 0.25) is 0 Å². The van der Waals surface area contributed by atoms with Crippen LogP contribution in [-0.4, -0.2) is 11.4 Å². The van der Waals surface area contributed by atoms with Gasteiger partial charge in [-0.1, -0.05) is 48.0 Å². The number of benzene rings is 2. The second-order valence-electron chi connectivity index (χ2n) is 6.33. The van der Waals surface area contributed by atoms with Crippen LogP contribution in [0.4, 0.5) is 4.39 Å². The molecule has 1 aliphatic rings. The Balaban J connectivity index is 1.96. The van der Waals surface area contributed by atoms with Crippen LogP contribution in [0.1, 0.15) is 24.0 Å². The lowest BCUT2D eigenvalue weighted by Gasteiger charge is -2.31. The second-order valence-corrected chi connectivity index (χ2v) is 6.74. The van der Waals surface area contributed by atoms with E-state index < -0.39 is 11.7 Å². The highest BCUT2D eigenvalue weighted by atomic mass is 35.5. The Morgan fingerprint density at radius 2 is 1.85 bits per heavy atom. The van der Waals surface area contributed by atoms with Crippen molar-refractivity contribution in [2.75, 3.05) is 6.54 Å². The predicted octanol–water partition coefficient (Wildman–Crippen LogP) is 5.33. The highest BCUT2D eigenvalue weighted by Gasteiger charge is 2.31.